The first-order valence-electron chi connectivity index (χ1n) is 8.08. The van der Waals surface area contributed by atoms with Gasteiger partial charge in [0, 0.05) is 24.7 Å². The van der Waals surface area contributed by atoms with E-state index in [4.69, 9.17) is 5.26 Å². The van der Waals surface area contributed by atoms with Crippen LogP contribution in [0.4, 0.5) is 15.2 Å². The molecule has 0 bridgehead atoms. The minimum absolute atomic E-state index is 0.0543. The molecule has 0 radical (unpaired) electrons. The van der Waals surface area contributed by atoms with Crippen LogP contribution in [0.5, 0.6) is 0 Å². The zero-order valence-corrected chi connectivity index (χ0v) is 18.5. The van der Waals surface area contributed by atoms with E-state index in [1.54, 1.807) is 41.2 Å². The Morgan fingerprint density at radius 1 is 1.48 bits per heavy atom. The van der Waals surface area contributed by atoms with Crippen LogP contribution in [-0.4, -0.2) is 29.7 Å². The van der Waals surface area contributed by atoms with Gasteiger partial charge in [0.1, 0.15) is 16.8 Å². The minimum Gasteiger partial charge on any atom is -0.348 e. The third-order valence-electron chi connectivity index (χ3n) is 4.24. The number of piperidine rings is 1. The predicted octanol–water partition coefficient (Wildman–Crippen LogP) is 4.56. The smallest absolute Gasteiger partial charge is 0.201 e. The number of nitriles is 1. The molecule has 0 atom stereocenters. The Kier molecular flexibility index (Phi) is 6.78. The highest BCUT2D eigenvalue weighted by Gasteiger charge is 2.29. The van der Waals surface area contributed by atoms with Gasteiger partial charge in [-0.2, -0.15) is 8.47 Å². The Bertz CT molecular complexity index is 920. The summed E-state index contributed by atoms with van der Waals surface area (Å²) >= 11 is 6.29. The highest BCUT2D eigenvalue weighted by Crippen LogP contribution is 2.28. The fraction of sp³-hybridized carbons (Fsp3) is 0.294. The lowest BCUT2D eigenvalue weighted by Crippen LogP contribution is -2.39. The summed E-state index contributed by atoms with van der Waals surface area (Å²) in [6.07, 6.45) is 2.94. The molecule has 1 aliphatic heterocycles. The van der Waals surface area contributed by atoms with Gasteiger partial charge in [0.25, 0.3) is 0 Å². The highest BCUT2D eigenvalue weighted by molar-refractivity contribution is 14.1. The van der Waals surface area contributed by atoms with E-state index in [-0.39, 0.29) is 23.4 Å². The number of amidine groups is 1. The summed E-state index contributed by atoms with van der Waals surface area (Å²) in [5, 5.41) is 12.7. The second-order valence-electron chi connectivity index (χ2n) is 5.93. The molecular formula is C17H14BrFIN5OS. The van der Waals surface area contributed by atoms with Crippen LogP contribution in [0.3, 0.4) is 0 Å². The number of aromatic nitrogens is 1. The molecule has 6 nitrogen and oxygen atoms in total. The molecule has 0 saturated carbocycles. The van der Waals surface area contributed by atoms with E-state index in [0.717, 1.165) is 5.13 Å². The summed E-state index contributed by atoms with van der Waals surface area (Å²) < 4.78 is 17.7. The van der Waals surface area contributed by atoms with Gasteiger partial charge in [-0.1, -0.05) is 11.3 Å². The van der Waals surface area contributed by atoms with Gasteiger partial charge < -0.3 is 10.2 Å². The lowest BCUT2D eigenvalue weighted by molar-refractivity contribution is -0.116. The largest absolute Gasteiger partial charge is 0.348 e. The first-order valence-corrected chi connectivity index (χ1v) is 10.7. The van der Waals surface area contributed by atoms with Crippen molar-refractivity contribution in [1.82, 2.24) is 4.98 Å². The Morgan fingerprint density at radius 2 is 2.22 bits per heavy atom. The number of halogens is 3. The number of anilines is 2. The molecule has 1 aliphatic rings. The molecule has 1 fully saturated rings. The van der Waals surface area contributed by atoms with Crippen molar-refractivity contribution in [2.75, 3.05) is 23.3 Å². The number of hydrogen-bond donors (Lipinski definition) is 1. The molecule has 10 heteroatoms. The van der Waals surface area contributed by atoms with E-state index < -0.39 is 0 Å². The first-order chi connectivity index (χ1) is 13.0. The monoisotopic (exact) mass is 561 g/mol. The van der Waals surface area contributed by atoms with Gasteiger partial charge in [0.2, 0.25) is 5.78 Å². The number of thiazole rings is 1. The van der Waals surface area contributed by atoms with Crippen LogP contribution in [0.1, 0.15) is 17.7 Å². The van der Waals surface area contributed by atoms with Crippen molar-refractivity contribution in [2.45, 2.75) is 12.8 Å². The zero-order valence-electron chi connectivity index (χ0n) is 14.0. The highest BCUT2D eigenvalue weighted by atomic mass is 127. The summed E-state index contributed by atoms with van der Waals surface area (Å²) in [6, 6.07) is 6.55. The molecule has 0 spiro atoms. The Labute approximate surface area is 182 Å². The van der Waals surface area contributed by atoms with E-state index in [2.05, 4.69) is 40.4 Å². The molecule has 1 aromatic carbocycles. The van der Waals surface area contributed by atoms with E-state index in [0.29, 0.717) is 41.0 Å². The second-order valence-corrected chi connectivity index (χ2v) is 8.28. The average molecular weight is 562 g/mol. The molecule has 0 unspecified atom stereocenters. The molecule has 2 heterocycles. The van der Waals surface area contributed by atoms with Crippen LogP contribution >= 0.6 is 50.1 Å². The summed E-state index contributed by atoms with van der Waals surface area (Å²) in [5.41, 5.74) is 0.594. The van der Waals surface area contributed by atoms with Gasteiger partial charge in [-0.25, -0.2) is 9.37 Å². The quantitative estimate of drug-likeness (QED) is 0.336. The van der Waals surface area contributed by atoms with Crippen LogP contribution in [0.25, 0.3) is 0 Å². The molecule has 140 valence electrons. The van der Waals surface area contributed by atoms with E-state index in [1.165, 1.54) is 17.4 Å². The molecule has 0 aliphatic carbocycles. The molecule has 1 saturated heterocycles. The van der Waals surface area contributed by atoms with E-state index in [1.807, 2.05) is 0 Å². The zero-order chi connectivity index (χ0) is 19.4. The number of carbonyl (C=O) groups excluding carboxylic acids is 1. The predicted molar refractivity (Wildman–Crippen MR) is 116 cm³/mol. The number of benzene rings is 1. The summed E-state index contributed by atoms with van der Waals surface area (Å²) in [5.74, 6) is -0.301. The molecule has 1 aromatic heterocycles. The van der Waals surface area contributed by atoms with Gasteiger partial charge in [0.15, 0.2) is 11.0 Å². The van der Waals surface area contributed by atoms with Crippen molar-refractivity contribution in [3.8, 4) is 6.07 Å². The molecule has 27 heavy (non-hydrogen) atoms. The number of Topliss-reactive ketones (excluding diaryl/α,β-unsaturated/α-hetero) is 1. The van der Waals surface area contributed by atoms with Gasteiger partial charge in [-0.05, 0) is 47.0 Å². The number of hydrogen-bond acceptors (Lipinski definition) is 6. The average Bonchev–Trinajstić information content (AvgIpc) is 3.17. The number of nitrogens with zero attached hydrogens (tertiary/aromatic N) is 4. The maximum absolute atomic E-state index is 13.4. The Morgan fingerprint density at radius 3 is 2.81 bits per heavy atom. The summed E-state index contributed by atoms with van der Waals surface area (Å²) in [6.45, 7) is 1.40. The van der Waals surface area contributed by atoms with Crippen LogP contribution in [0.2, 0.25) is 0 Å². The van der Waals surface area contributed by atoms with Crippen LogP contribution in [0.15, 0.2) is 32.1 Å². The van der Waals surface area contributed by atoms with Crippen molar-refractivity contribution in [3.63, 3.8) is 0 Å². The Hall–Kier alpha value is -1.58. The van der Waals surface area contributed by atoms with Crippen LogP contribution in [-0.2, 0) is 4.79 Å². The van der Waals surface area contributed by atoms with Crippen molar-refractivity contribution in [3.05, 3.63) is 39.6 Å². The number of nitrogens with one attached hydrogen (secondary N) is 1. The molecule has 1 N–H and O–H groups in total. The number of carbonyl (C=O) groups is 1. The van der Waals surface area contributed by atoms with Gasteiger partial charge in [-0.3, -0.25) is 4.79 Å². The molecule has 2 aromatic rings. The maximum atomic E-state index is 13.4. The number of rotatable bonds is 4. The normalized spacial score (nSPS) is 15.5. The van der Waals surface area contributed by atoms with Gasteiger partial charge >= 0.3 is 0 Å². The SMILES string of the molecule is N#Cc1cnc(N2CCC(C(=O)/C(=N/I)Nc3ccc(F)c(Br)c3)CC2)s1. The summed E-state index contributed by atoms with van der Waals surface area (Å²) in [7, 11) is 0. The van der Waals surface area contributed by atoms with Gasteiger partial charge in [0.05, 0.1) is 33.5 Å². The third-order valence-corrected chi connectivity index (χ3v) is 6.29. The third kappa shape index (κ3) is 4.83. The van der Waals surface area contributed by atoms with Gasteiger partial charge in [-0.15, -0.1) is 0 Å². The van der Waals surface area contributed by atoms with Crippen molar-refractivity contribution >= 4 is 72.6 Å². The lowest BCUT2D eigenvalue weighted by atomic mass is 9.92. The minimum atomic E-state index is -0.367. The topological polar surface area (TPSA) is 81.4 Å². The fourth-order valence-electron chi connectivity index (χ4n) is 2.82. The standard InChI is InChI=1S/C17H14BrFIN5OS/c18-13-7-11(1-2-14(13)19)23-16(24-20)15(26)10-3-5-25(6-4-10)17-22-9-12(8-21)27-17/h1-2,7,9-10H,3-6H2,(H,23,24). The second kappa shape index (κ2) is 9.07. The Balaban J connectivity index is 1.61. The van der Waals surface area contributed by atoms with E-state index >= 15 is 0 Å². The molecule has 0 amide bonds. The van der Waals surface area contributed by atoms with Crippen LogP contribution < -0.4 is 10.2 Å². The van der Waals surface area contributed by atoms with Crippen molar-refractivity contribution in [2.24, 2.45) is 9.12 Å². The first kappa shape index (κ1) is 20.2. The lowest BCUT2D eigenvalue weighted by Gasteiger charge is -2.31. The maximum Gasteiger partial charge on any atom is 0.201 e. The summed E-state index contributed by atoms with van der Waals surface area (Å²) in [4.78, 5) is 19.8. The fourth-order valence-corrected chi connectivity index (χ4v) is 4.33. The van der Waals surface area contributed by atoms with Crippen molar-refractivity contribution < 1.29 is 9.18 Å². The number of ketones is 1. The molecule has 3 rings (SSSR count). The van der Waals surface area contributed by atoms with Crippen LogP contribution in [0, 0.1) is 23.1 Å². The van der Waals surface area contributed by atoms with E-state index in [9.17, 15) is 9.18 Å². The molecular weight excluding hydrogens is 548 g/mol. The van der Waals surface area contributed by atoms with Crippen molar-refractivity contribution in [1.29, 1.82) is 5.26 Å².